The molecule has 8 heteroatoms. The van der Waals surface area contributed by atoms with E-state index < -0.39 is 10.0 Å². The fourth-order valence-electron chi connectivity index (χ4n) is 4.61. The number of unbranched alkanes of at least 4 members (excludes halogenated alkanes) is 1. The third kappa shape index (κ3) is 4.66. The summed E-state index contributed by atoms with van der Waals surface area (Å²) in [5.74, 6) is 1.37. The van der Waals surface area contributed by atoms with Gasteiger partial charge in [0.05, 0.1) is 15.1 Å². The minimum absolute atomic E-state index is 0.265. The molecule has 5 rings (SSSR count). The monoisotopic (exact) mass is 449 g/mol. The highest BCUT2D eigenvalue weighted by molar-refractivity contribution is 7.89. The Morgan fingerprint density at radius 2 is 1.93 bits per heavy atom. The molecule has 2 N–H and O–H groups in total. The molecule has 0 bridgehead atoms. The van der Waals surface area contributed by atoms with Crippen LogP contribution in [-0.4, -0.2) is 38.7 Å². The van der Waals surface area contributed by atoms with Crippen LogP contribution in [0.15, 0.2) is 23.1 Å². The molecule has 6 nitrogen and oxygen atoms in total. The molecule has 0 radical (unpaired) electrons. The number of nitrogens with zero attached hydrogens (tertiary/aromatic N) is 1. The van der Waals surface area contributed by atoms with Gasteiger partial charge in [0.2, 0.25) is 10.0 Å². The Morgan fingerprint density at radius 3 is 2.67 bits per heavy atom. The first kappa shape index (κ1) is 20.7. The van der Waals surface area contributed by atoms with Crippen LogP contribution in [0.4, 0.5) is 5.13 Å². The van der Waals surface area contributed by atoms with Crippen molar-refractivity contribution in [3.63, 3.8) is 0 Å². The van der Waals surface area contributed by atoms with Gasteiger partial charge in [-0.15, -0.1) is 0 Å². The fourth-order valence-corrected chi connectivity index (χ4v) is 7.16. The van der Waals surface area contributed by atoms with Crippen molar-refractivity contribution < 1.29 is 13.2 Å². The molecule has 30 heavy (non-hydrogen) atoms. The molecule has 0 unspecified atom stereocenters. The average molecular weight is 450 g/mol. The van der Waals surface area contributed by atoms with Gasteiger partial charge in [0.25, 0.3) is 0 Å². The lowest BCUT2D eigenvalue weighted by molar-refractivity contribution is 0.0530. The maximum Gasteiger partial charge on any atom is 0.241 e. The van der Waals surface area contributed by atoms with Crippen molar-refractivity contribution in [2.24, 2.45) is 11.8 Å². The molecule has 164 valence electrons. The van der Waals surface area contributed by atoms with Crippen molar-refractivity contribution in [2.75, 3.05) is 25.1 Å². The van der Waals surface area contributed by atoms with Crippen LogP contribution in [0.1, 0.15) is 57.8 Å². The van der Waals surface area contributed by atoms with Crippen LogP contribution in [0, 0.1) is 11.8 Å². The van der Waals surface area contributed by atoms with Crippen molar-refractivity contribution >= 4 is 36.7 Å². The minimum atomic E-state index is -3.55. The van der Waals surface area contributed by atoms with E-state index in [9.17, 15) is 8.42 Å². The number of sulfonamides is 1. The van der Waals surface area contributed by atoms with Crippen molar-refractivity contribution in [3.05, 3.63) is 18.2 Å². The van der Waals surface area contributed by atoms with Gasteiger partial charge in [-0.3, -0.25) is 0 Å². The lowest BCUT2D eigenvalue weighted by atomic mass is 9.90. The molecule has 0 atom stereocenters. The highest BCUT2D eigenvalue weighted by atomic mass is 32.2. The minimum Gasteiger partial charge on any atom is -0.381 e. The molecule has 2 aromatic rings. The van der Waals surface area contributed by atoms with Gasteiger partial charge < -0.3 is 10.1 Å². The largest absolute Gasteiger partial charge is 0.381 e. The quantitative estimate of drug-likeness (QED) is 0.521. The molecule has 1 saturated heterocycles. The second kappa shape index (κ2) is 8.37. The van der Waals surface area contributed by atoms with E-state index >= 15 is 0 Å². The predicted molar refractivity (Wildman–Crippen MR) is 121 cm³/mol. The van der Waals surface area contributed by atoms with E-state index in [0.29, 0.717) is 10.8 Å². The third-order valence-electron chi connectivity index (χ3n) is 6.81. The number of rotatable bonds is 10. The topological polar surface area (TPSA) is 80.3 Å². The molecular formula is C22H31N3O3S2. The van der Waals surface area contributed by atoms with Crippen LogP contribution in [0.5, 0.6) is 0 Å². The van der Waals surface area contributed by atoms with Gasteiger partial charge in [-0.25, -0.2) is 18.1 Å². The van der Waals surface area contributed by atoms with E-state index in [4.69, 9.17) is 4.74 Å². The van der Waals surface area contributed by atoms with Gasteiger partial charge in [0.1, 0.15) is 0 Å². The normalized spacial score (nSPS) is 21.7. The molecule has 3 fully saturated rings. The van der Waals surface area contributed by atoms with Crippen molar-refractivity contribution in [3.8, 4) is 0 Å². The fraction of sp³-hybridized carbons (Fsp3) is 0.682. The van der Waals surface area contributed by atoms with Gasteiger partial charge in [0.15, 0.2) is 5.13 Å². The lowest BCUT2D eigenvalue weighted by Gasteiger charge is -2.30. The Bertz CT molecular complexity index is 990. The number of anilines is 1. The van der Waals surface area contributed by atoms with E-state index in [-0.39, 0.29) is 5.54 Å². The zero-order chi connectivity index (χ0) is 20.6. The van der Waals surface area contributed by atoms with E-state index in [1.807, 2.05) is 6.07 Å². The third-order valence-corrected chi connectivity index (χ3v) is 9.34. The van der Waals surface area contributed by atoms with Crippen molar-refractivity contribution in [1.82, 2.24) is 9.71 Å². The van der Waals surface area contributed by atoms with E-state index in [1.165, 1.54) is 37.0 Å². The highest BCUT2D eigenvalue weighted by Gasteiger charge is 2.51. The number of hydrogen-bond donors (Lipinski definition) is 2. The smallest absolute Gasteiger partial charge is 0.241 e. The summed E-state index contributed by atoms with van der Waals surface area (Å²) in [5, 5.41) is 4.28. The first-order valence-electron chi connectivity index (χ1n) is 11.3. The molecule has 2 saturated carbocycles. The zero-order valence-electron chi connectivity index (χ0n) is 17.4. The number of thiazole rings is 1. The SMILES string of the molecule is O=S(=O)(NC1(C2CCOCC2)CC1)c1ccc2nc(NCCCCC3CC3)sc2c1. The van der Waals surface area contributed by atoms with Gasteiger partial charge in [0, 0.05) is 25.3 Å². The van der Waals surface area contributed by atoms with Crippen LogP contribution >= 0.6 is 11.3 Å². The first-order valence-corrected chi connectivity index (χ1v) is 13.6. The average Bonchev–Trinajstić information content (AvgIpc) is 3.67. The molecule has 1 aliphatic heterocycles. The van der Waals surface area contributed by atoms with Crippen molar-refractivity contribution in [1.29, 1.82) is 0 Å². The summed E-state index contributed by atoms with van der Waals surface area (Å²) >= 11 is 1.53. The Kier molecular flexibility index (Phi) is 5.77. The summed E-state index contributed by atoms with van der Waals surface area (Å²) in [7, 11) is -3.55. The van der Waals surface area contributed by atoms with Crippen LogP contribution in [-0.2, 0) is 14.8 Å². The van der Waals surface area contributed by atoms with Gasteiger partial charge in [-0.2, -0.15) is 0 Å². The van der Waals surface area contributed by atoms with E-state index in [2.05, 4.69) is 15.0 Å². The summed E-state index contributed by atoms with van der Waals surface area (Å²) in [6.45, 7) is 2.39. The number of benzene rings is 1. The van der Waals surface area contributed by atoms with Crippen LogP contribution < -0.4 is 10.0 Å². The summed E-state index contributed by atoms with van der Waals surface area (Å²) in [4.78, 5) is 4.96. The van der Waals surface area contributed by atoms with Crippen molar-refractivity contribution in [2.45, 2.75) is 68.2 Å². The Labute approximate surface area is 182 Å². The van der Waals surface area contributed by atoms with E-state index in [0.717, 1.165) is 73.1 Å². The molecule has 3 aliphatic rings. The second-order valence-electron chi connectivity index (χ2n) is 9.16. The number of ether oxygens (including phenoxy) is 1. The number of nitrogens with one attached hydrogen (secondary N) is 2. The standard InChI is InChI=1S/C22H31N3O3S2/c26-30(27,25-22(10-11-22)17-8-13-28-14-9-17)18-6-7-19-20(15-18)29-21(24-19)23-12-2-1-3-16-4-5-16/h6-7,15-17,25H,1-5,8-14H2,(H,23,24). The molecule has 1 aromatic carbocycles. The summed E-state index contributed by atoms with van der Waals surface area (Å²) < 4.78 is 35.6. The summed E-state index contributed by atoms with van der Waals surface area (Å²) in [5.41, 5.74) is 0.586. The molecule has 1 aromatic heterocycles. The van der Waals surface area contributed by atoms with Gasteiger partial charge >= 0.3 is 0 Å². The second-order valence-corrected chi connectivity index (χ2v) is 11.9. The lowest BCUT2D eigenvalue weighted by Crippen LogP contribution is -2.44. The number of aromatic nitrogens is 1. The maximum absolute atomic E-state index is 13.1. The van der Waals surface area contributed by atoms with Crippen LogP contribution in [0.25, 0.3) is 10.2 Å². The van der Waals surface area contributed by atoms with E-state index in [1.54, 1.807) is 12.1 Å². The Morgan fingerprint density at radius 1 is 1.13 bits per heavy atom. The molecule has 0 amide bonds. The van der Waals surface area contributed by atoms with Crippen LogP contribution in [0.2, 0.25) is 0 Å². The predicted octanol–water partition coefficient (Wildman–Crippen LogP) is 4.53. The zero-order valence-corrected chi connectivity index (χ0v) is 19.0. The molecule has 2 heterocycles. The van der Waals surface area contributed by atoms with Gasteiger partial charge in [-0.1, -0.05) is 37.0 Å². The highest BCUT2D eigenvalue weighted by Crippen LogP contribution is 2.47. The molecular weight excluding hydrogens is 418 g/mol. The Balaban J connectivity index is 1.23. The van der Waals surface area contributed by atoms with Gasteiger partial charge in [-0.05, 0) is 62.1 Å². The molecule has 2 aliphatic carbocycles. The first-order chi connectivity index (χ1) is 14.5. The summed E-state index contributed by atoms with van der Waals surface area (Å²) in [6, 6.07) is 5.28. The summed E-state index contributed by atoms with van der Waals surface area (Å²) in [6.07, 6.45) is 10.3. The number of hydrogen-bond acceptors (Lipinski definition) is 6. The molecule has 0 spiro atoms. The van der Waals surface area contributed by atoms with Crippen LogP contribution in [0.3, 0.4) is 0 Å². The number of fused-ring (bicyclic) bond motifs is 1. The maximum atomic E-state index is 13.1. The Hall–Kier alpha value is -1.22.